The highest BCUT2D eigenvalue weighted by Crippen LogP contribution is 2.17. The number of rotatable bonds is 2. The summed E-state index contributed by atoms with van der Waals surface area (Å²) in [6.45, 7) is 0. The summed E-state index contributed by atoms with van der Waals surface area (Å²) in [7, 11) is 0. The van der Waals surface area contributed by atoms with Crippen molar-refractivity contribution in [1.29, 1.82) is 0 Å². The van der Waals surface area contributed by atoms with E-state index >= 15 is 0 Å². The van der Waals surface area contributed by atoms with Crippen molar-refractivity contribution in [2.45, 2.75) is 0 Å². The van der Waals surface area contributed by atoms with Crippen LogP contribution in [-0.2, 0) is 0 Å². The molecule has 3 heterocycles. The van der Waals surface area contributed by atoms with Crippen LogP contribution in [0.25, 0.3) is 16.9 Å². The van der Waals surface area contributed by atoms with E-state index in [1.807, 2.05) is 30.5 Å². The molecule has 0 fully saturated rings. The van der Waals surface area contributed by atoms with Crippen molar-refractivity contribution in [3.63, 3.8) is 0 Å². The number of anilines is 1. The molecular weight excluding hydrogens is 226 g/mol. The molecule has 3 rings (SSSR count). The van der Waals surface area contributed by atoms with E-state index in [1.165, 1.54) is 0 Å². The summed E-state index contributed by atoms with van der Waals surface area (Å²) in [6.07, 6.45) is 7.11. The van der Waals surface area contributed by atoms with Crippen LogP contribution in [0.1, 0.15) is 0 Å². The Morgan fingerprint density at radius 2 is 2.00 bits per heavy atom. The van der Waals surface area contributed by atoms with Crippen LogP contribution >= 0.6 is 0 Å². The Bertz CT molecular complexity index is 660. The predicted molar refractivity (Wildman–Crippen MR) is 69.0 cm³/mol. The molecule has 5 heteroatoms. The molecule has 88 valence electrons. The highest BCUT2D eigenvalue weighted by atomic mass is 15.3. The summed E-state index contributed by atoms with van der Waals surface area (Å²) in [5, 5.41) is 4.30. The van der Waals surface area contributed by atoms with E-state index in [9.17, 15) is 0 Å². The molecule has 0 radical (unpaired) electrons. The van der Waals surface area contributed by atoms with Gasteiger partial charge in [-0.2, -0.15) is 5.10 Å². The number of hydrogen-bond donors (Lipinski definition) is 1. The summed E-state index contributed by atoms with van der Waals surface area (Å²) in [5.41, 5.74) is 8.39. The van der Waals surface area contributed by atoms with Gasteiger partial charge in [0.2, 0.25) is 0 Å². The van der Waals surface area contributed by atoms with E-state index < -0.39 is 0 Å². The van der Waals surface area contributed by atoms with Crippen LogP contribution in [0.2, 0.25) is 0 Å². The highest BCUT2D eigenvalue weighted by molar-refractivity contribution is 5.57. The molecule has 0 bridgehead atoms. The third-order valence-electron chi connectivity index (χ3n) is 2.57. The van der Waals surface area contributed by atoms with Gasteiger partial charge >= 0.3 is 0 Å². The van der Waals surface area contributed by atoms with E-state index in [0.717, 1.165) is 16.9 Å². The van der Waals surface area contributed by atoms with Gasteiger partial charge in [-0.3, -0.25) is 4.98 Å². The van der Waals surface area contributed by atoms with Crippen molar-refractivity contribution >= 4 is 5.82 Å². The van der Waals surface area contributed by atoms with Crippen molar-refractivity contribution in [2.75, 3.05) is 5.73 Å². The average Bonchev–Trinajstić information content (AvgIpc) is 2.89. The van der Waals surface area contributed by atoms with Crippen LogP contribution < -0.4 is 5.73 Å². The normalized spacial score (nSPS) is 10.4. The van der Waals surface area contributed by atoms with Crippen molar-refractivity contribution in [2.24, 2.45) is 0 Å². The van der Waals surface area contributed by atoms with Crippen LogP contribution in [0, 0.1) is 0 Å². The molecule has 5 nitrogen and oxygen atoms in total. The Morgan fingerprint density at radius 1 is 1.06 bits per heavy atom. The number of hydrogen-bond acceptors (Lipinski definition) is 4. The molecule has 3 aromatic heterocycles. The minimum absolute atomic E-state index is 0.474. The van der Waals surface area contributed by atoms with Crippen LogP contribution in [0.4, 0.5) is 5.82 Å². The quantitative estimate of drug-likeness (QED) is 0.739. The molecule has 18 heavy (non-hydrogen) atoms. The van der Waals surface area contributed by atoms with E-state index in [1.54, 1.807) is 29.3 Å². The second-order valence-electron chi connectivity index (χ2n) is 3.83. The fourth-order valence-corrected chi connectivity index (χ4v) is 1.71. The SMILES string of the molecule is Nc1cc(-n2cc(-c3ccccn3)cn2)ccn1. The van der Waals surface area contributed by atoms with Gasteiger partial charge in [-0.1, -0.05) is 6.07 Å². The molecular formula is C13H11N5. The lowest BCUT2D eigenvalue weighted by Gasteiger charge is -2.00. The van der Waals surface area contributed by atoms with Crippen molar-refractivity contribution in [3.05, 3.63) is 55.1 Å². The molecule has 0 saturated heterocycles. The average molecular weight is 237 g/mol. The van der Waals surface area contributed by atoms with Crippen LogP contribution in [-0.4, -0.2) is 19.7 Å². The monoisotopic (exact) mass is 237 g/mol. The second kappa shape index (κ2) is 4.29. The summed E-state index contributed by atoms with van der Waals surface area (Å²) < 4.78 is 1.75. The van der Waals surface area contributed by atoms with Crippen LogP contribution in [0.15, 0.2) is 55.1 Å². The molecule has 3 aromatic rings. The first-order chi connectivity index (χ1) is 8.83. The Kier molecular flexibility index (Phi) is 2.49. The van der Waals surface area contributed by atoms with Gasteiger partial charge in [0.1, 0.15) is 5.82 Å². The van der Waals surface area contributed by atoms with Gasteiger partial charge in [-0.15, -0.1) is 0 Å². The van der Waals surface area contributed by atoms with Gasteiger partial charge in [0.25, 0.3) is 0 Å². The van der Waals surface area contributed by atoms with Crippen molar-refractivity contribution < 1.29 is 0 Å². The molecule has 0 amide bonds. The molecule has 0 aliphatic rings. The number of nitrogens with zero attached hydrogens (tertiary/aromatic N) is 4. The van der Waals surface area contributed by atoms with E-state index in [0.29, 0.717) is 5.82 Å². The number of pyridine rings is 2. The summed E-state index contributed by atoms with van der Waals surface area (Å²) >= 11 is 0. The molecule has 0 aliphatic carbocycles. The largest absolute Gasteiger partial charge is 0.384 e. The lowest BCUT2D eigenvalue weighted by molar-refractivity contribution is 0.878. The Hall–Kier alpha value is -2.69. The van der Waals surface area contributed by atoms with Gasteiger partial charge in [0.05, 0.1) is 17.6 Å². The maximum absolute atomic E-state index is 5.65. The standard InChI is InChI=1S/C13H11N5/c14-13-7-11(4-6-16-13)18-9-10(8-17-18)12-3-1-2-5-15-12/h1-9H,(H2,14,16). The third kappa shape index (κ3) is 1.93. The third-order valence-corrected chi connectivity index (χ3v) is 2.57. The number of nitrogens with two attached hydrogens (primary N) is 1. The zero-order valence-electron chi connectivity index (χ0n) is 9.56. The van der Waals surface area contributed by atoms with E-state index in [4.69, 9.17) is 5.73 Å². The lowest BCUT2D eigenvalue weighted by atomic mass is 10.2. The summed E-state index contributed by atoms with van der Waals surface area (Å²) in [4.78, 5) is 8.24. The first kappa shape index (κ1) is 10.5. The highest BCUT2D eigenvalue weighted by Gasteiger charge is 2.04. The first-order valence-corrected chi connectivity index (χ1v) is 5.51. The fourth-order valence-electron chi connectivity index (χ4n) is 1.71. The minimum atomic E-state index is 0.474. The smallest absolute Gasteiger partial charge is 0.125 e. The fraction of sp³-hybridized carbons (Fsp3) is 0. The lowest BCUT2D eigenvalue weighted by Crippen LogP contribution is -1.97. The van der Waals surface area contributed by atoms with Gasteiger partial charge < -0.3 is 5.73 Å². The zero-order valence-corrected chi connectivity index (χ0v) is 9.56. The maximum Gasteiger partial charge on any atom is 0.125 e. The van der Waals surface area contributed by atoms with Gasteiger partial charge in [0, 0.05) is 30.2 Å². The Balaban J connectivity index is 2.00. The first-order valence-electron chi connectivity index (χ1n) is 5.51. The number of aromatic nitrogens is 4. The number of nitrogen functional groups attached to an aromatic ring is 1. The summed E-state index contributed by atoms with van der Waals surface area (Å²) in [6, 6.07) is 9.41. The topological polar surface area (TPSA) is 69.6 Å². The second-order valence-corrected chi connectivity index (χ2v) is 3.83. The summed E-state index contributed by atoms with van der Waals surface area (Å²) in [5.74, 6) is 0.474. The van der Waals surface area contributed by atoms with Gasteiger partial charge in [-0.05, 0) is 18.2 Å². The van der Waals surface area contributed by atoms with Crippen LogP contribution in [0.3, 0.4) is 0 Å². The van der Waals surface area contributed by atoms with E-state index in [-0.39, 0.29) is 0 Å². The predicted octanol–water partition coefficient (Wildman–Crippen LogP) is 1.91. The molecule has 0 spiro atoms. The van der Waals surface area contributed by atoms with Crippen LogP contribution in [0.5, 0.6) is 0 Å². The minimum Gasteiger partial charge on any atom is -0.384 e. The van der Waals surface area contributed by atoms with Crippen molar-refractivity contribution in [3.8, 4) is 16.9 Å². The molecule has 0 aromatic carbocycles. The Labute approximate surface area is 104 Å². The zero-order chi connectivity index (χ0) is 12.4. The molecule has 0 saturated carbocycles. The van der Waals surface area contributed by atoms with Crippen molar-refractivity contribution in [1.82, 2.24) is 19.7 Å². The molecule has 0 unspecified atom stereocenters. The molecule has 0 atom stereocenters. The maximum atomic E-state index is 5.65. The van der Waals surface area contributed by atoms with Gasteiger partial charge in [-0.25, -0.2) is 9.67 Å². The molecule has 0 aliphatic heterocycles. The molecule has 2 N–H and O–H groups in total. The Morgan fingerprint density at radius 3 is 2.78 bits per heavy atom. The van der Waals surface area contributed by atoms with E-state index in [2.05, 4.69) is 15.1 Å². The van der Waals surface area contributed by atoms with Gasteiger partial charge in [0.15, 0.2) is 0 Å².